The summed E-state index contributed by atoms with van der Waals surface area (Å²) in [6.45, 7) is 3.96. The molecule has 0 N–H and O–H groups in total. The minimum Gasteiger partial charge on any atom is -0.497 e. The molecule has 0 unspecified atom stereocenters. The number of esters is 1. The van der Waals surface area contributed by atoms with Crippen LogP contribution >= 0.6 is 0 Å². The molecule has 4 rings (SSSR count). The summed E-state index contributed by atoms with van der Waals surface area (Å²) in [4.78, 5) is 17.6. The molecule has 0 saturated carbocycles. The maximum Gasteiger partial charge on any atom is 0.339 e. The molecule has 2 heterocycles. The molecule has 6 nitrogen and oxygen atoms in total. The SMILES string of the molecule is CCOC(=O)c1cc(-c2ccccc2)nc2c1c(C)nn2-c1ccc(OC)cc1. The molecule has 0 atom stereocenters. The van der Waals surface area contributed by atoms with Crippen LogP contribution in [0.25, 0.3) is 28.0 Å². The van der Waals surface area contributed by atoms with Gasteiger partial charge in [-0.15, -0.1) is 0 Å². The predicted octanol–water partition coefficient (Wildman–Crippen LogP) is 4.58. The molecule has 0 saturated heterocycles. The molecule has 4 aromatic rings. The summed E-state index contributed by atoms with van der Waals surface area (Å²) in [5.74, 6) is 0.376. The molecule has 6 heteroatoms. The van der Waals surface area contributed by atoms with Gasteiger partial charge in [0, 0.05) is 5.56 Å². The summed E-state index contributed by atoms with van der Waals surface area (Å²) in [5, 5.41) is 5.35. The minimum absolute atomic E-state index is 0.301. The third kappa shape index (κ3) is 3.45. The highest BCUT2D eigenvalue weighted by Crippen LogP contribution is 2.29. The second kappa shape index (κ2) is 7.75. The minimum atomic E-state index is -0.380. The normalized spacial score (nSPS) is 10.9. The molecule has 0 fully saturated rings. The summed E-state index contributed by atoms with van der Waals surface area (Å²) in [6.07, 6.45) is 0. The summed E-state index contributed by atoms with van der Waals surface area (Å²) < 4.78 is 12.3. The summed E-state index contributed by atoms with van der Waals surface area (Å²) in [6, 6.07) is 19.1. The van der Waals surface area contributed by atoms with Gasteiger partial charge in [-0.2, -0.15) is 5.10 Å². The summed E-state index contributed by atoms with van der Waals surface area (Å²) >= 11 is 0. The number of methoxy groups -OCH3 is 1. The van der Waals surface area contributed by atoms with Gasteiger partial charge in [0.1, 0.15) is 5.75 Å². The second-order valence-electron chi connectivity index (χ2n) is 6.54. The molecule has 0 aliphatic heterocycles. The first-order chi connectivity index (χ1) is 14.1. The van der Waals surface area contributed by atoms with Crippen molar-refractivity contribution in [2.24, 2.45) is 0 Å². The van der Waals surface area contributed by atoms with E-state index >= 15 is 0 Å². The number of carbonyl (C=O) groups is 1. The summed E-state index contributed by atoms with van der Waals surface area (Å²) in [7, 11) is 1.63. The standard InChI is InChI=1S/C23H21N3O3/c1-4-29-23(27)19-14-20(16-8-6-5-7-9-16)24-22-21(19)15(2)25-26(22)17-10-12-18(28-3)13-11-17/h5-14H,4H2,1-3H3. The van der Waals surface area contributed by atoms with E-state index in [2.05, 4.69) is 5.10 Å². The van der Waals surface area contributed by atoms with Crippen LogP contribution in [0.15, 0.2) is 60.7 Å². The van der Waals surface area contributed by atoms with Crippen molar-refractivity contribution >= 4 is 17.0 Å². The molecule has 29 heavy (non-hydrogen) atoms. The first-order valence-electron chi connectivity index (χ1n) is 9.39. The lowest BCUT2D eigenvalue weighted by atomic mass is 10.1. The third-order valence-corrected chi connectivity index (χ3v) is 4.69. The van der Waals surface area contributed by atoms with Crippen LogP contribution in [-0.2, 0) is 4.74 Å². The van der Waals surface area contributed by atoms with Gasteiger partial charge in [0.15, 0.2) is 5.65 Å². The van der Waals surface area contributed by atoms with Crippen molar-refractivity contribution in [2.45, 2.75) is 13.8 Å². The molecule has 0 aliphatic rings. The van der Waals surface area contributed by atoms with Crippen molar-refractivity contribution < 1.29 is 14.3 Å². The van der Waals surface area contributed by atoms with Gasteiger partial charge in [-0.3, -0.25) is 0 Å². The predicted molar refractivity (Wildman–Crippen MR) is 112 cm³/mol. The zero-order valence-corrected chi connectivity index (χ0v) is 16.5. The third-order valence-electron chi connectivity index (χ3n) is 4.69. The topological polar surface area (TPSA) is 66.2 Å². The van der Waals surface area contributed by atoms with Crippen LogP contribution in [0.5, 0.6) is 5.75 Å². The highest BCUT2D eigenvalue weighted by molar-refractivity contribution is 6.05. The van der Waals surface area contributed by atoms with E-state index in [4.69, 9.17) is 14.5 Å². The van der Waals surface area contributed by atoms with E-state index in [0.717, 1.165) is 17.0 Å². The van der Waals surface area contributed by atoms with Gasteiger partial charge >= 0.3 is 5.97 Å². The van der Waals surface area contributed by atoms with E-state index in [9.17, 15) is 4.79 Å². The average molecular weight is 387 g/mol. The van der Waals surface area contributed by atoms with Gasteiger partial charge in [0.05, 0.1) is 41.7 Å². The monoisotopic (exact) mass is 387 g/mol. The Kier molecular flexibility index (Phi) is 4.99. The van der Waals surface area contributed by atoms with Crippen LogP contribution in [-0.4, -0.2) is 34.5 Å². The van der Waals surface area contributed by atoms with Crippen molar-refractivity contribution in [1.29, 1.82) is 0 Å². The van der Waals surface area contributed by atoms with Gasteiger partial charge in [0.2, 0.25) is 0 Å². The Labute approximate surface area is 168 Å². The Morgan fingerprint density at radius 1 is 1.07 bits per heavy atom. The maximum absolute atomic E-state index is 12.7. The Hall–Kier alpha value is -3.67. The smallest absolute Gasteiger partial charge is 0.339 e. The van der Waals surface area contributed by atoms with Gasteiger partial charge in [-0.05, 0) is 44.2 Å². The molecule has 0 aliphatic carbocycles. The largest absolute Gasteiger partial charge is 0.497 e. The van der Waals surface area contributed by atoms with Gasteiger partial charge < -0.3 is 9.47 Å². The lowest BCUT2D eigenvalue weighted by Gasteiger charge is -2.09. The van der Waals surface area contributed by atoms with E-state index in [0.29, 0.717) is 34.6 Å². The number of aryl methyl sites for hydroxylation is 1. The fourth-order valence-electron chi connectivity index (χ4n) is 3.32. The van der Waals surface area contributed by atoms with E-state index in [1.165, 1.54) is 0 Å². The van der Waals surface area contributed by atoms with E-state index < -0.39 is 0 Å². The molecular weight excluding hydrogens is 366 g/mol. The molecule has 0 amide bonds. The molecule has 0 bridgehead atoms. The highest BCUT2D eigenvalue weighted by atomic mass is 16.5. The maximum atomic E-state index is 12.7. The number of benzene rings is 2. The van der Waals surface area contributed by atoms with Gasteiger partial charge in [-0.25, -0.2) is 14.5 Å². The molecular formula is C23H21N3O3. The van der Waals surface area contributed by atoms with Crippen LogP contribution < -0.4 is 4.74 Å². The van der Waals surface area contributed by atoms with E-state index in [1.54, 1.807) is 24.8 Å². The van der Waals surface area contributed by atoms with Crippen molar-refractivity contribution in [2.75, 3.05) is 13.7 Å². The lowest BCUT2D eigenvalue weighted by molar-refractivity contribution is 0.0528. The Morgan fingerprint density at radius 3 is 2.45 bits per heavy atom. The number of ether oxygens (including phenoxy) is 2. The molecule has 146 valence electrons. The van der Waals surface area contributed by atoms with E-state index in [-0.39, 0.29) is 5.97 Å². The first-order valence-corrected chi connectivity index (χ1v) is 9.39. The number of carbonyl (C=O) groups excluding carboxylic acids is 1. The number of pyridine rings is 1. The Balaban J connectivity index is 1.98. The van der Waals surface area contributed by atoms with Crippen molar-refractivity contribution in [3.63, 3.8) is 0 Å². The quantitative estimate of drug-likeness (QED) is 0.469. The van der Waals surface area contributed by atoms with Crippen molar-refractivity contribution in [3.05, 3.63) is 71.9 Å². The lowest BCUT2D eigenvalue weighted by Crippen LogP contribution is -2.07. The van der Waals surface area contributed by atoms with Crippen molar-refractivity contribution in [3.8, 4) is 22.7 Å². The zero-order chi connectivity index (χ0) is 20.4. The van der Waals surface area contributed by atoms with Crippen molar-refractivity contribution in [1.82, 2.24) is 14.8 Å². The van der Waals surface area contributed by atoms with Crippen LogP contribution in [0.1, 0.15) is 23.0 Å². The fourth-order valence-corrected chi connectivity index (χ4v) is 3.32. The number of hydrogen-bond acceptors (Lipinski definition) is 5. The Bertz CT molecular complexity index is 1170. The Morgan fingerprint density at radius 2 is 1.79 bits per heavy atom. The molecule has 2 aromatic heterocycles. The average Bonchev–Trinajstić information content (AvgIpc) is 3.10. The second-order valence-corrected chi connectivity index (χ2v) is 6.54. The number of fused-ring (bicyclic) bond motifs is 1. The number of aromatic nitrogens is 3. The van der Waals surface area contributed by atoms with Crippen LogP contribution in [0.4, 0.5) is 0 Å². The summed E-state index contributed by atoms with van der Waals surface area (Å²) in [5.41, 5.74) is 4.23. The molecule has 0 radical (unpaired) electrons. The van der Waals surface area contributed by atoms with Crippen LogP contribution in [0.3, 0.4) is 0 Å². The van der Waals surface area contributed by atoms with Crippen LogP contribution in [0.2, 0.25) is 0 Å². The van der Waals surface area contributed by atoms with Crippen LogP contribution in [0, 0.1) is 6.92 Å². The number of rotatable bonds is 5. The number of hydrogen-bond donors (Lipinski definition) is 0. The zero-order valence-electron chi connectivity index (χ0n) is 16.5. The van der Waals surface area contributed by atoms with E-state index in [1.807, 2.05) is 61.5 Å². The fraction of sp³-hybridized carbons (Fsp3) is 0.174. The van der Waals surface area contributed by atoms with Gasteiger partial charge in [-0.1, -0.05) is 30.3 Å². The molecule has 2 aromatic carbocycles. The molecule has 0 spiro atoms. The highest BCUT2D eigenvalue weighted by Gasteiger charge is 2.21. The van der Waals surface area contributed by atoms with Gasteiger partial charge in [0.25, 0.3) is 0 Å². The number of nitrogens with zero attached hydrogens (tertiary/aromatic N) is 3. The first kappa shape index (κ1) is 18.7.